The first-order valence-electron chi connectivity index (χ1n) is 1.42. The molecule has 0 radical (unpaired) electrons. The molecule has 0 unspecified atom stereocenters. The molecule has 0 aromatic rings. The van der Waals surface area contributed by atoms with Gasteiger partial charge < -0.3 is 0 Å². The molecule has 0 heterocycles. The van der Waals surface area contributed by atoms with E-state index in [1.54, 1.807) is 6.92 Å². The Kier molecular flexibility index (Phi) is 14.1. The van der Waals surface area contributed by atoms with Gasteiger partial charge in [-0.15, -0.1) is 12.4 Å². The van der Waals surface area contributed by atoms with Crippen LogP contribution < -0.4 is 5.64 Å². The van der Waals surface area contributed by atoms with Gasteiger partial charge in [-0.2, -0.15) is 0 Å². The SMILES string of the molecule is CCONO.Cl. The predicted octanol–water partition coefficient (Wildman–Crippen LogP) is 0.338. The number of hydrogen-bond donors (Lipinski definition) is 2. The summed E-state index contributed by atoms with van der Waals surface area (Å²) >= 11 is 0. The van der Waals surface area contributed by atoms with Crippen LogP contribution >= 0.6 is 12.4 Å². The molecule has 40 valence electrons. The van der Waals surface area contributed by atoms with Gasteiger partial charge in [-0.1, -0.05) is 5.64 Å². The van der Waals surface area contributed by atoms with Crippen LogP contribution in [-0.2, 0) is 4.84 Å². The first-order chi connectivity index (χ1) is 2.41. The second kappa shape index (κ2) is 8.95. The van der Waals surface area contributed by atoms with Crippen LogP contribution in [0.5, 0.6) is 0 Å². The molecule has 3 nitrogen and oxygen atoms in total. The molecular weight excluding hydrogens is 105 g/mol. The fourth-order valence-corrected chi connectivity index (χ4v) is 0.0645. The third kappa shape index (κ3) is 8.90. The molecule has 0 aliphatic carbocycles. The van der Waals surface area contributed by atoms with E-state index in [1.807, 2.05) is 0 Å². The van der Waals surface area contributed by atoms with Gasteiger partial charge in [0.25, 0.3) is 0 Å². The normalized spacial score (nSPS) is 7.00. The van der Waals surface area contributed by atoms with Crippen molar-refractivity contribution >= 4 is 12.4 Å². The largest absolute Gasteiger partial charge is 0.292 e. The average molecular weight is 114 g/mol. The van der Waals surface area contributed by atoms with Crippen LogP contribution in [0.1, 0.15) is 6.92 Å². The molecule has 0 atom stereocenters. The summed E-state index contributed by atoms with van der Waals surface area (Å²) in [6.07, 6.45) is 0. The molecule has 0 aromatic heterocycles. The fraction of sp³-hybridized carbons (Fsp3) is 1.00. The number of nitrogens with one attached hydrogen (secondary N) is 1. The zero-order valence-electron chi connectivity index (χ0n) is 3.47. The molecule has 0 rings (SSSR count). The van der Waals surface area contributed by atoms with E-state index in [1.165, 1.54) is 5.64 Å². The molecule has 0 saturated carbocycles. The average Bonchev–Trinajstić information content (AvgIpc) is 1.41. The maximum atomic E-state index is 7.59. The van der Waals surface area contributed by atoms with E-state index in [-0.39, 0.29) is 12.4 Å². The Morgan fingerprint density at radius 2 is 2.33 bits per heavy atom. The van der Waals surface area contributed by atoms with Crippen LogP contribution in [0.3, 0.4) is 0 Å². The van der Waals surface area contributed by atoms with Crippen molar-refractivity contribution in [1.82, 2.24) is 5.64 Å². The monoisotopic (exact) mass is 113 g/mol. The van der Waals surface area contributed by atoms with Crippen molar-refractivity contribution < 1.29 is 10.0 Å². The lowest BCUT2D eigenvalue weighted by molar-refractivity contribution is -0.122. The molecule has 4 heteroatoms. The Morgan fingerprint density at radius 1 is 1.83 bits per heavy atom. The Bertz CT molecular complexity index is 19.0. The molecule has 0 spiro atoms. The maximum absolute atomic E-state index is 7.59. The lowest BCUT2D eigenvalue weighted by Gasteiger charge is -1.87. The first-order valence-corrected chi connectivity index (χ1v) is 1.42. The minimum absolute atomic E-state index is 0. The Morgan fingerprint density at radius 3 is 2.33 bits per heavy atom. The minimum atomic E-state index is 0. The van der Waals surface area contributed by atoms with E-state index >= 15 is 0 Å². The molecule has 6 heavy (non-hydrogen) atoms. The van der Waals surface area contributed by atoms with Gasteiger partial charge in [-0.05, 0) is 6.92 Å². The van der Waals surface area contributed by atoms with Crippen LogP contribution in [0.4, 0.5) is 0 Å². The molecule has 0 aliphatic rings. The van der Waals surface area contributed by atoms with Gasteiger partial charge in [0.05, 0.1) is 6.61 Å². The number of rotatable bonds is 2. The van der Waals surface area contributed by atoms with E-state index in [0.717, 1.165) is 0 Å². The summed E-state index contributed by atoms with van der Waals surface area (Å²) in [5.74, 6) is 0. The van der Waals surface area contributed by atoms with Crippen LogP contribution in [0, 0.1) is 0 Å². The van der Waals surface area contributed by atoms with Gasteiger partial charge in [0.2, 0.25) is 0 Å². The smallest absolute Gasteiger partial charge is 0.0680 e. The van der Waals surface area contributed by atoms with E-state index in [0.29, 0.717) is 6.61 Å². The van der Waals surface area contributed by atoms with Gasteiger partial charge in [-0.3, -0.25) is 10.0 Å². The van der Waals surface area contributed by atoms with Gasteiger partial charge >= 0.3 is 0 Å². The second-order valence-corrected chi connectivity index (χ2v) is 0.524. The second-order valence-electron chi connectivity index (χ2n) is 0.524. The summed E-state index contributed by atoms with van der Waals surface area (Å²) in [7, 11) is 0. The molecule has 2 N–H and O–H groups in total. The van der Waals surface area contributed by atoms with Crippen LogP contribution in [0.25, 0.3) is 0 Å². The number of halogens is 1. The van der Waals surface area contributed by atoms with Gasteiger partial charge in [0.15, 0.2) is 0 Å². The standard InChI is InChI=1S/C2H7NO2.ClH/c1-2-5-3-4;/h3-4H,2H2,1H3;1H. The van der Waals surface area contributed by atoms with Gasteiger partial charge in [0.1, 0.15) is 0 Å². The van der Waals surface area contributed by atoms with Crippen molar-refractivity contribution in [2.24, 2.45) is 0 Å². The quantitative estimate of drug-likeness (QED) is 0.508. The maximum Gasteiger partial charge on any atom is 0.0680 e. The Labute approximate surface area is 42.6 Å². The third-order valence-electron chi connectivity index (χ3n) is 0.209. The van der Waals surface area contributed by atoms with Crippen molar-refractivity contribution in [3.63, 3.8) is 0 Å². The van der Waals surface area contributed by atoms with Crippen LogP contribution in [0.15, 0.2) is 0 Å². The number of hydrogen-bond acceptors (Lipinski definition) is 3. The highest BCUT2D eigenvalue weighted by Crippen LogP contribution is 1.53. The summed E-state index contributed by atoms with van der Waals surface area (Å²) in [5, 5.41) is 7.59. The van der Waals surface area contributed by atoms with Crippen molar-refractivity contribution in [1.29, 1.82) is 0 Å². The zero-order chi connectivity index (χ0) is 4.12. The van der Waals surface area contributed by atoms with E-state index < -0.39 is 0 Å². The van der Waals surface area contributed by atoms with Crippen molar-refractivity contribution in [2.45, 2.75) is 6.92 Å². The predicted molar refractivity (Wildman–Crippen MR) is 23.8 cm³/mol. The highest BCUT2D eigenvalue weighted by atomic mass is 35.5. The summed E-state index contributed by atoms with van der Waals surface area (Å²) < 4.78 is 0. The summed E-state index contributed by atoms with van der Waals surface area (Å²) in [4.78, 5) is 4.14. The summed E-state index contributed by atoms with van der Waals surface area (Å²) in [5.41, 5.74) is 1.52. The van der Waals surface area contributed by atoms with E-state index in [9.17, 15) is 0 Å². The lowest BCUT2D eigenvalue weighted by Crippen LogP contribution is -2.06. The highest BCUT2D eigenvalue weighted by Gasteiger charge is 1.62. The van der Waals surface area contributed by atoms with Crippen molar-refractivity contribution in [2.75, 3.05) is 6.61 Å². The molecule has 0 bridgehead atoms. The highest BCUT2D eigenvalue weighted by molar-refractivity contribution is 5.85. The topological polar surface area (TPSA) is 41.5 Å². The lowest BCUT2D eigenvalue weighted by atomic mass is 10.9. The molecule has 0 aliphatic heterocycles. The van der Waals surface area contributed by atoms with Gasteiger partial charge in [-0.25, -0.2) is 0 Å². The van der Waals surface area contributed by atoms with Gasteiger partial charge in [0, 0.05) is 0 Å². The Balaban J connectivity index is 0. The molecular formula is C2H8ClNO2. The first kappa shape index (κ1) is 9.48. The van der Waals surface area contributed by atoms with E-state index in [4.69, 9.17) is 5.21 Å². The van der Waals surface area contributed by atoms with Crippen LogP contribution in [0.2, 0.25) is 0 Å². The fourth-order valence-electron chi connectivity index (χ4n) is 0.0645. The van der Waals surface area contributed by atoms with E-state index in [2.05, 4.69) is 4.84 Å². The van der Waals surface area contributed by atoms with Crippen molar-refractivity contribution in [3.8, 4) is 0 Å². The van der Waals surface area contributed by atoms with Crippen molar-refractivity contribution in [3.05, 3.63) is 0 Å². The zero-order valence-corrected chi connectivity index (χ0v) is 4.29. The molecule has 0 saturated heterocycles. The minimum Gasteiger partial charge on any atom is -0.292 e. The Hall–Kier alpha value is 0.170. The third-order valence-corrected chi connectivity index (χ3v) is 0.209. The molecule has 0 fully saturated rings. The summed E-state index contributed by atoms with van der Waals surface area (Å²) in [6, 6.07) is 0. The molecule has 0 aromatic carbocycles. The van der Waals surface area contributed by atoms with Crippen LogP contribution in [-0.4, -0.2) is 11.8 Å². The summed E-state index contributed by atoms with van der Waals surface area (Å²) in [6.45, 7) is 2.25. The molecule has 0 amide bonds.